The third kappa shape index (κ3) is 5.38. The summed E-state index contributed by atoms with van der Waals surface area (Å²) < 4.78 is 16.5. The third-order valence-electron chi connectivity index (χ3n) is 5.11. The fraction of sp³-hybridized carbons (Fsp3) is 0.476. The van der Waals surface area contributed by atoms with Gasteiger partial charge in [-0.15, -0.1) is 0 Å². The second-order valence-electron chi connectivity index (χ2n) is 7.25. The number of ether oxygens (including phenoxy) is 3. The second kappa shape index (κ2) is 10.1. The number of halogens is 1. The summed E-state index contributed by atoms with van der Waals surface area (Å²) in [5.74, 6) is 1.02. The molecule has 2 aromatic rings. The van der Waals surface area contributed by atoms with Crippen molar-refractivity contribution in [3.63, 3.8) is 0 Å². The molecule has 9 heteroatoms. The number of carbonyl (C=O) groups excluding carboxylic acids is 1. The molecule has 4 rings (SSSR count). The van der Waals surface area contributed by atoms with Gasteiger partial charge in [0, 0.05) is 44.9 Å². The Morgan fingerprint density at radius 3 is 2.60 bits per heavy atom. The summed E-state index contributed by atoms with van der Waals surface area (Å²) in [5, 5.41) is 3.20. The van der Waals surface area contributed by atoms with Crippen LogP contribution in [0.4, 0.5) is 5.82 Å². The van der Waals surface area contributed by atoms with Gasteiger partial charge in [-0.25, -0.2) is 9.97 Å². The van der Waals surface area contributed by atoms with Gasteiger partial charge in [-0.3, -0.25) is 4.79 Å². The maximum atomic E-state index is 12.5. The molecule has 4 heterocycles. The van der Waals surface area contributed by atoms with Crippen molar-refractivity contribution < 1.29 is 19.0 Å². The maximum absolute atomic E-state index is 12.5. The number of nitrogens with zero attached hydrogens (tertiary/aromatic N) is 3. The number of carbonyl (C=O) groups is 1. The molecule has 0 atom stereocenters. The molecule has 1 N–H and O–H groups in total. The maximum Gasteiger partial charge on any atom is 0.253 e. The van der Waals surface area contributed by atoms with E-state index in [0.29, 0.717) is 36.2 Å². The van der Waals surface area contributed by atoms with Crippen molar-refractivity contribution in [2.24, 2.45) is 0 Å². The average molecular weight is 433 g/mol. The van der Waals surface area contributed by atoms with Crippen LogP contribution in [0.2, 0.25) is 5.02 Å². The zero-order chi connectivity index (χ0) is 20.8. The molecule has 2 aliphatic heterocycles. The Bertz CT molecular complexity index is 853. The Balaban J connectivity index is 1.30. The van der Waals surface area contributed by atoms with Crippen LogP contribution in [0.25, 0.3) is 0 Å². The van der Waals surface area contributed by atoms with Crippen LogP contribution in [0.1, 0.15) is 28.8 Å². The summed E-state index contributed by atoms with van der Waals surface area (Å²) in [4.78, 5) is 23.4. The smallest absolute Gasteiger partial charge is 0.253 e. The topological polar surface area (TPSA) is 85.8 Å². The largest absolute Gasteiger partial charge is 0.473 e. The van der Waals surface area contributed by atoms with Crippen molar-refractivity contribution in [2.75, 3.05) is 44.4 Å². The van der Waals surface area contributed by atoms with Crippen LogP contribution in [-0.4, -0.2) is 61.5 Å². The van der Waals surface area contributed by atoms with Crippen LogP contribution in [0.3, 0.4) is 0 Å². The molecular weight excluding hydrogens is 408 g/mol. The summed E-state index contributed by atoms with van der Waals surface area (Å²) in [7, 11) is 0. The van der Waals surface area contributed by atoms with Crippen molar-refractivity contribution in [3.05, 3.63) is 46.7 Å². The normalized spacial score (nSPS) is 17.6. The number of hydrogen-bond donors (Lipinski definition) is 1. The van der Waals surface area contributed by atoms with E-state index in [1.807, 2.05) is 12.1 Å². The lowest BCUT2D eigenvalue weighted by atomic mass is 10.1. The predicted octanol–water partition coefficient (Wildman–Crippen LogP) is 2.45. The van der Waals surface area contributed by atoms with Gasteiger partial charge in [-0.1, -0.05) is 17.7 Å². The number of rotatable bonds is 6. The van der Waals surface area contributed by atoms with Crippen LogP contribution < -0.4 is 15.0 Å². The van der Waals surface area contributed by atoms with Crippen LogP contribution >= 0.6 is 11.6 Å². The highest BCUT2D eigenvalue weighted by molar-refractivity contribution is 6.32. The summed E-state index contributed by atoms with van der Waals surface area (Å²) in [6, 6.07) is 5.51. The predicted molar refractivity (Wildman–Crippen MR) is 112 cm³/mol. The summed E-state index contributed by atoms with van der Waals surface area (Å²) in [6.07, 6.45) is 4.91. The summed E-state index contributed by atoms with van der Waals surface area (Å²) in [6.45, 7) is 4.82. The Hall–Kier alpha value is -2.42. The summed E-state index contributed by atoms with van der Waals surface area (Å²) in [5.41, 5.74) is 1.30. The lowest BCUT2D eigenvalue weighted by Gasteiger charge is -2.27. The SMILES string of the molecule is O=C(NCc1ccc(N2CCOCC2)nc1)c1cnc(OC2CCOCC2)c(Cl)c1. The number of pyridine rings is 2. The minimum atomic E-state index is -0.251. The Morgan fingerprint density at radius 2 is 1.90 bits per heavy atom. The molecule has 0 unspecified atom stereocenters. The highest BCUT2D eigenvalue weighted by Crippen LogP contribution is 2.25. The Labute approximate surface area is 180 Å². The first-order valence-corrected chi connectivity index (χ1v) is 10.5. The fourth-order valence-corrected chi connectivity index (χ4v) is 3.58. The third-order valence-corrected chi connectivity index (χ3v) is 5.38. The van der Waals surface area contributed by atoms with Gasteiger partial charge in [0.2, 0.25) is 5.88 Å². The molecule has 0 spiro atoms. The molecule has 8 nitrogen and oxygen atoms in total. The van der Waals surface area contributed by atoms with E-state index in [1.54, 1.807) is 12.3 Å². The van der Waals surface area contributed by atoms with Gasteiger partial charge in [0.25, 0.3) is 5.91 Å². The molecule has 2 aromatic heterocycles. The van der Waals surface area contributed by atoms with Crippen LogP contribution in [0.5, 0.6) is 5.88 Å². The van der Waals surface area contributed by atoms with Crippen LogP contribution in [0, 0.1) is 0 Å². The minimum Gasteiger partial charge on any atom is -0.473 e. The molecule has 0 bridgehead atoms. The Kier molecular flexibility index (Phi) is 6.99. The van der Waals surface area contributed by atoms with Gasteiger partial charge in [0.15, 0.2) is 0 Å². The van der Waals surface area contributed by atoms with E-state index >= 15 is 0 Å². The van der Waals surface area contributed by atoms with E-state index in [4.69, 9.17) is 25.8 Å². The number of aromatic nitrogens is 2. The molecule has 2 saturated heterocycles. The first-order chi connectivity index (χ1) is 14.7. The quantitative estimate of drug-likeness (QED) is 0.750. The molecule has 2 aliphatic rings. The van der Waals surface area contributed by atoms with E-state index in [2.05, 4.69) is 20.2 Å². The van der Waals surface area contributed by atoms with Gasteiger partial charge < -0.3 is 24.4 Å². The number of anilines is 1. The molecule has 0 aliphatic carbocycles. The monoisotopic (exact) mass is 432 g/mol. The first-order valence-electron chi connectivity index (χ1n) is 10.1. The van der Waals surface area contributed by atoms with E-state index in [-0.39, 0.29) is 12.0 Å². The zero-order valence-electron chi connectivity index (χ0n) is 16.7. The van der Waals surface area contributed by atoms with E-state index < -0.39 is 0 Å². The highest BCUT2D eigenvalue weighted by Gasteiger charge is 2.18. The van der Waals surface area contributed by atoms with Crippen molar-refractivity contribution in [2.45, 2.75) is 25.5 Å². The number of morpholine rings is 1. The standard InChI is InChI=1S/C21H25ClN4O4/c22-18-11-16(14-25-21(18)30-17-3-7-28-8-4-17)20(27)24-13-15-1-2-19(23-12-15)26-5-9-29-10-6-26/h1-2,11-12,14,17H,3-10,13H2,(H,24,27). The number of amides is 1. The zero-order valence-corrected chi connectivity index (χ0v) is 17.4. The van der Waals surface area contributed by atoms with Crippen LogP contribution in [-0.2, 0) is 16.0 Å². The molecule has 30 heavy (non-hydrogen) atoms. The molecule has 1 amide bonds. The highest BCUT2D eigenvalue weighted by atomic mass is 35.5. The van der Waals surface area contributed by atoms with E-state index in [1.165, 1.54) is 6.20 Å². The van der Waals surface area contributed by atoms with Crippen molar-refractivity contribution in [3.8, 4) is 5.88 Å². The van der Waals surface area contributed by atoms with Gasteiger partial charge in [0.05, 0.1) is 32.0 Å². The number of hydrogen-bond acceptors (Lipinski definition) is 7. The van der Waals surface area contributed by atoms with Crippen molar-refractivity contribution >= 4 is 23.3 Å². The minimum absolute atomic E-state index is 0.0383. The number of nitrogens with one attached hydrogen (secondary N) is 1. The van der Waals surface area contributed by atoms with Gasteiger partial charge >= 0.3 is 0 Å². The van der Waals surface area contributed by atoms with Crippen LogP contribution in [0.15, 0.2) is 30.6 Å². The van der Waals surface area contributed by atoms with Gasteiger partial charge in [-0.05, 0) is 17.7 Å². The van der Waals surface area contributed by atoms with Gasteiger partial charge in [-0.2, -0.15) is 0 Å². The average Bonchev–Trinajstić information content (AvgIpc) is 2.80. The fourth-order valence-electron chi connectivity index (χ4n) is 3.37. The lowest BCUT2D eigenvalue weighted by Crippen LogP contribution is -2.36. The van der Waals surface area contributed by atoms with Gasteiger partial charge in [0.1, 0.15) is 16.9 Å². The van der Waals surface area contributed by atoms with E-state index in [0.717, 1.165) is 50.5 Å². The molecule has 0 saturated carbocycles. The van der Waals surface area contributed by atoms with Crippen molar-refractivity contribution in [1.82, 2.24) is 15.3 Å². The van der Waals surface area contributed by atoms with Crippen molar-refractivity contribution in [1.29, 1.82) is 0 Å². The van der Waals surface area contributed by atoms with E-state index in [9.17, 15) is 4.79 Å². The molecule has 0 aromatic carbocycles. The Morgan fingerprint density at radius 1 is 1.13 bits per heavy atom. The first kappa shape index (κ1) is 20.8. The molecule has 2 fully saturated rings. The second-order valence-corrected chi connectivity index (χ2v) is 7.65. The molecular formula is C21H25ClN4O4. The molecule has 160 valence electrons. The molecule has 0 radical (unpaired) electrons. The lowest BCUT2D eigenvalue weighted by molar-refractivity contribution is 0.0238. The summed E-state index contributed by atoms with van der Waals surface area (Å²) >= 11 is 6.28.